The summed E-state index contributed by atoms with van der Waals surface area (Å²) in [6.45, 7) is 1.98. The second-order valence-electron chi connectivity index (χ2n) is 2.71. The van der Waals surface area contributed by atoms with E-state index in [4.69, 9.17) is 0 Å². The molecule has 62 valence electrons. The fourth-order valence-corrected chi connectivity index (χ4v) is 1.83. The van der Waals surface area contributed by atoms with Gasteiger partial charge in [0.05, 0.1) is 16.2 Å². The zero-order valence-electron chi connectivity index (χ0n) is 6.87. The number of rotatable bonds is 0. The van der Waals surface area contributed by atoms with Crippen molar-refractivity contribution in [2.24, 2.45) is 7.05 Å². The lowest BCUT2D eigenvalue weighted by Gasteiger charge is -1.97. The first kappa shape index (κ1) is 7.73. The molecular formula is C8H8BrN3. The van der Waals surface area contributed by atoms with Gasteiger partial charge in [0, 0.05) is 13.2 Å². The van der Waals surface area contributed by atoms with Gasteiger partial charge in [-0.3, -0.25) is 4.98 Å². The molecule has 0 N–H and O–H groups in total. The molecule has 0 unspecified atom stereocenters. The number of imidazole rings is 1. The van der Waals surface area contributed by atoms with Crippen molar-refractivity contribution in [2.75, 3.05) is 0 Å². The van der Waals surface area contributed by atoms with Crippen LogP contribution in [-0.4, -0.2) is 14.5 Å². The molecule has 0 radical (unpaired) electrons. The summed E-state index contributed by atoms with van der Waals surface area (Å²) >= 11 is 3.44. The Kier molecular flexibility index (Phi) is 1.65. The highest BCUT2D eigenvalue weighted by Gasteiger charge is 2.06. The maximum absolute atomic E-state index is 4.34. The minimum Gasteiger partial charge on any atom is -0.330 e. The van der Waals surface area contributed by atoms with Crippen molar-refractivity contribution in [1.29, 1.82) is 0 Å². The quantitative estimate of drug-likeness (QED) is 0.688. The summed E-state index contributed by atoms with van der Waals surface area (Å²) in [7, 11) is 2.00. The maximum atomic E-state index is 4.34. The molecule has 0 amide bonds. The summed E-state index contributed by atoms with van der Waals surface area (Å²) in [6, 6.07) is 0. The van der Waals surface area contributed by atoms with Crippen LogP contribution in [0.25, 0.3) is 11.0 Å². The summed E-state index contributed by atoms with van der Waals surface area (Å²) in [5, 5.41) is 0. The fourth-order valence-electron chi connectivity index (χ4n) is 1.24. The number of aromatic nitrogens is 3. The van der Waals surface area contributed by atoms with E-state index < -0.39 is 0 Å². The van der Waals surface area contributed by atoms with E-state index in [0.717, 1.165) is 21.3 Å². The third-order valence-corrected chi connectivity index (χ3v) is 2.54. The van der Waals surface area contributed by atoms with Gasteiger partial charge >= 0.3 is 0 Å². The highest BCUT2D eigenvalue weighted by Crippen LogP contribution is 2.21. The molecule has 0 saturated heterocycles. The molecule has 0 bridgehead atoms. The molecule has 2 aromatic rings. The number of halogens is 1. The molecule has 0 aliphatic rings. The normalized spacial score (nSPS) is 10.9. The molecule has 0 saturated carbocycles. The van der Waals surface area contributed by atoms with Crippen molar-refractivity contribution in [2.45, 2.75) is 6.92 Å². The van der Waals surface area contributed by atoms with E-state index in [1.54, 1.807) is 12.4 Å². The SMILES string of the molecule is Cc1nc2cncc(Br)c2n1C. The Hall–Kier alpha value is -0.900. The number of aryl methyl sites for hydroxylation is 2. The van der Waals surface area contributed by atoms with E-state index in [-0.39, 0.29) is 0 Å². The van der Waals surface area contributed by atoms with Crippen LogP contribution < -0.4 is 0 Å². The van der Waals surface area contributed by atoms with Crippen LogP contribution in [0.1, 0.15) is 5.82 Å². The first-order chi connectivity index (χ1) is 5.70. The van der Waals surface area contributed by atoms with Crippen LogP contribution >= 0.6 is 15.9 Å². The van der Waals surface area contributed by atoms with E-state index in [1.165, 1.54) is 0 Å². The molecule has 2 rings (SSSR count). The first-order valence-corrected chi connectivity index (χ1v) is 4.42. The topological polar surface area (TPSA) is 30.7 Å². The van der Waals surface area contributed by atoms with Gasteiger partial charge in [-0.15, -0.1) is 0 Å². The van der Waals surface area contributed by atoms with Crippen LogP contribution in [0.2, 0.25) is 0 Å². The molecule has 2 heterocycles. The molecule has 2 aromatic heterocycles. The Morgan fingerprint density at radius 3 is 2.83 bits per heavy atom. The molecule has 0 spiro atoms. The highest BCUT2D eigenvalue weighted by molar-refractivity contribution is 9.10. The smallest absolute Gasteiger partial charge is 0.108 e. The summed E-state index contributed by atoms with van der Waals surface area (Å²) in [6.07, 6.45) is 3.55. The van der Waals surface area contributed by atoms with Crippen molar-refractivity contribution in [1.82, 2.24) is 14.5 Å². The van der Waals surface area contributed by atoms with Gasteiger partial charge < -0.3 is 4.57 Å². The van der Waals surface area contributed by atoms with Gasteiger partial charge in [0.25, 0.3) is 0 Å². The molecule has 3 nitrogen and oxygen atoms in total. The Morgan fingerprint density at radius 1 is 1.42 bits per heavy atom. The van der Waals surface area contributed by atoms with E-state index in [0.29, 0.717) is 0 Å². The maximum Gasteiger partial charge on any atom is 0.108 e. The zero-order valence-corrected chi connectivity index (χ0v) is 8.46. The van der Waals surface area contributed by atoms with Gasteiger partial charge in [-0.2, -0.15) is 0 Å². The second kappa shape index (κ2) is 2.55. The van der Waals surface area contributed by atoms with E-state index in [9.17, 15) is 0 Å². The van der Waals surface area contributed by atoms with Crippen LogP contribution in [0.3, 0.4) is 0 Å². The third kappa shape index (κ3) is 0.948. The standard InChI is InChI=1S/C8H8BrN3/c1-5-11-7-4-10-3-6(9)8(7)12(5)2/h3-4H,1-2H3. The predicted octanol–water partition coefficient (Wildman–Crippen LogP) is 2.04. The molecule has 4 heteroatoms. The molecule has 0 aromatic carbocycles. The van der Waals surface area contributed by atoms with Crippen molar-refractivity contribution in [3.05, 3.63) is 22.7 Å². The van der Waals surface area contributed by atoms with Gasteiger partial charge in [0.15, 0.2) is 0 Å². The lowest BCUT2D eigenvalue weighted by Crippen LogP contribution is -1.90. The van der Waals surface area contributed by atoms with Crippen LogP contribution in [0.4, 0.5) is 0 Å². The average Bonchev–Trinajstić information content (AvgIpc) is 2.29. The van der Waals surface area contributed by atoms with Crippen molar-refractivity contribution in [3.8, 4) is 0 Å². The first-order valence-electron chi connectivity index (χ1n) is 3.62. The van der Waals surface area contributed by atoms with E-state index in [1.807, 2.05) is 18.5 Å². The molecule has 0 fully saturated rings. The summed E-state index contributed by atoms with van der Waals surface area (Å²) in [5.41, 5.74) is 2.03. The van der Waals surface area contributed by atoms with Gasteiger partial charge in [-0.05, 0) is 22.9 Å². The lowest BCUT2D eigenvalue weighted by molar-refractivity contribution is 0.884. The van der Waals surface area contributed by atoms with Crippen LogP contribution in [-0.2, 0) is 7.05 Å². The number of fused-ring (bicyclic) bond motifs is 1. The minimum atomic E-state index is 0.935. The number of hydrogen-bond donors (Lipinski definition) is 0. The summed E-state index contributed by atoms with van der Waals surface area (Å²) in [5.74, 6) is 0.999. The van der Waals surface area contributed by atoms with E-state index in [2.05, 4.69) is 25.9 Å². The van der Waals surface area contributed by atoms with Crippen LogP contribution in [0.15, 0.2) is 16.9 Å². The summed E-state index contributed by atoms with van der Waals surface area (Å²) in [4.78, 5) is 8.39. The Morgan fingerprint density at radius 2 is 2.17 bits per heavy atom. The fraction of sp³-hybridized carbons (Fsp3) is 0.250. The molecular weight excluding hydrogens is 218 g/mol. The Balaban J connectivity index is 2.97. The number of nitrogens with zero attached hydrogens (tertiary/aromatic N) is 3. The van der Waals surface area contributed by atoms with E-state index >= 15 is 0 Å². The Bertz CT molecular complexity index is 433. The van der Waals surface area contributed by atoms with Crippen molar-refractivity contribution in [3.63, 3.8) is 0 Å². The van der Waals surface area contributed by atoms with Crippen LogP contribution in [0.5, 0.6) is 0 Å². The minimum absolute atomic E-state index is 0.935. The predicted molar refractivity (Wildman–Crippen MR) is 50.9 cm³/mol. The largest absolute Gasteiger partial charge is 0.330 e. The molecule has 0 aliphatic heterocycles. The van der Waals surface area contributed by atoms with Crippen LogP contribution in [0, 0.1) is 6.92 Å². The van der Waals surface area contributed by atoms with Crippen molar-refractivity contribution >= 4 is 27.0 Å². The number of hydrogen-bond acceptors (Lipinski definition) is 2. The monoisotopic (exact) mass is 225 g/mol. The molecule has 0 atom stereocenters. The number of pyridine rings is 1. The Labute approximate surface area is 78.6 Å². The second-order valence-corrected chi connectivity index (χ2v) is 3.56. The zero-order chi connectivity index (χ0) is 8.72. The summed E-state index contributed by atoms with van der Waals surface area (Å²) < 4.78 is 3.03. The van der Waals surface area contributed by atoms with Gasteiger partial charge in [0.1, 0.15) is 11.3 Å². The highest BCUT2D eigenvalue weighted by atomic mass is 79.9. The van der Waals surface area contributed by atoms with Crippen molar-refractivity contribution < 1.29 is 0 Å². The van der Waals surface area contributed by atoms with Gasteiger partial charge in [-0.25, -0.2) is 4.98 Å². The third-order valence-electron chi connectivity index (χ3n) is 1.96. The molecule has 0 aliphatic carbocycles. The average molecular weight is 226 g/mol. The lowest BCUT2D eigenvalue weighted by atomic mass is 10.4. The molecule has 12 heavy (non-hydrogen) atoms. The van der Waals surface area contributed by atoms with Gasteiger partial charge in [-0.1, -0.05) is 0 Å². The van der Waals surface area contributed by atoms with Gasteiger partial charge in [0.2, 0.25) is 0 Å².